The Morgan fingerprint density at radius 1 is 1.48 bits per heavy atom. The van der Waals surface area contributed by atoms with Crippen LogP contribution in [0.5, 0.6) is 5.88 Å². The first-order chi connectivity index (χ1) is 10.0. The third-order valence-electron chi connectivity index (χ3n) is 4.24. The van der Waals surface area contributed by atoms with Crippen molar-refractivity contribution in [2.45, 2.75) is 45.1 Å². The zero-order valence-electron chi connectivity index (χ0n) is 13.2. The lowest BCUT2D eigenvalue weighted by Crippen LogP contribution is -2.47. The summed E-state index contributed by atoms with van der Waals surface area (Å²) in [5, 5.41) is 2.93. The maximum Gasteiger partial charge on any atom is 0.256 e. The molecule has 1 N–H and O–H groups in total. The Balaban J connectivity index is 2.14. The fourth-order valence-corrected chi connectivity index (χ4v) is 3.08. The van der Waals surface area contributed by atoms with Crippen molar-refractivity contribution in [3.63, 3.8) is 0 Å². The SMILES string of the molecule is COc1ncc(NC(=O)[C@]2(OC)CCC[C@H](C)C2)cc1C. The van der Waals surface area contributed by atoms with Gasteiger partial charge >= 0.3 is 0 Å². The highest BCUT2D eigenvalue weighted by Crippen LogP contribution is 2.35. The number of nitrogens with one attached hydrogen (secondary N) is 1. The Morgan fingerprint density at radius 2 is 2.24 bits per heavy atom. The molecule has 1 aliphatic rings. The van der Waals surface area contributed by atoms with Crippen molar-refractivity contribution in [1.82, 2.24) is 4.98 Å². The number of hydrogen-bond donors (Lipinski definition) is 1. The number of aryl methyl sites for hydroxylation is 1. The van der Waals surface area contributed by atoms with E-state index in [1.165, 1.54) is 0 Å². The van der Waals surface area contributed by atoms with E-state index in [-0.39, 0.29) is 5.91 Å². The Kier molecular flexibility index (Phi) is 4.83. The number of methoxy groups -OCH3 is 2. The van der Waals surface area contributed by atoms with Gasteiger partial charge in [-0.25, -0.2) is 4.98 Å². The van der Waals surface area contributed by atoms with Crippen LogP contribution in [-0.4, -0.2) is 30.7 Å². The van der Waals surface area contributed by atoms with E-state index in [1.54, 1.807) is 20.4 Å². The molecule has 116 valence electrons. The maximum atomic E-state index is 12.6. The van der Waals surface area contributed by atoms with Gasteiger partial charge in [0.25, 0.3) is 5.91 Å². The van der Waals surface area contributed by atoms with Crippen LogP contribution in [-0.2, 0) is 9.53 Å². The smallest absolute Gasteiger partial charge is 0.256 e. The highest BCUT2D eigenvalue weighted by Gasteiger charge is 2.42. The number of anilines is 1. The predicted octanol–water partition coefficient (Wildman–Crippen LogP) is 2.93. The molecule has 1 aliphatic carbocycles. The minimum absolute atomic E-state index is 0.0806. The van der Waals surface area contributed by atoms with E-state index in [9.17, 15) is 4.79 Å². The van der Waals surface area contributed by atoms with Crippen LogP contribution in [0.2, 0.25) is 0 Å². The molecule has 5 heteroatoms. The molecule has 5 nitrogen and oxygen atoms in total. The molecule has 0 aromatic carbocycles. The van der Waals surface area contributed by atoms with Crippen LogP contribution in [0.1, 0.15) is 38.2 Å². The third kappa shape index (κ3) is 3.35. The fourth-order valence-electron chi connectivity index (χ4n) is 3.08. The van der Waals surface area contributed by atoms with E-state index in [0.29, 0.717) is 17.5 Å². The second kappa shape index (κ2) is 6.43. The number of hydrogen-bond acceptors (Lipinski definition) is 4. The summed E-state index contributed by atoms with van der Waals surface area (Å²) in [4.78, 5) is 16.8. The molecule has 1 amide bonds. The van der Waals surface area contributed by atoms with Crippen molar-refractivity contribution in [2.75, 3.05) is 19.5 Å². The summed E-state index contributed by atoms with van der Waals surface area (Å²) < 4.78 is 10.7. The van der Waals surface area contributed by atoms with E-state index in [2.05, 4.69) is 17.2 Å². The van der Waals surface area contributed by atoms with E-state index in [4.69, 9.17) is 9.47 Å². The largest absolute Gasteiger partial charge is 0.481 e. The Bertz CT molecular complexity index is 518. The Morgan fingerprint density at radius 3 is 2.81 bits per heavy atom. The Hall–Kier alpha value is -1.62. The average molecular weight is 292 g/mol. The van der Waals surface area contributed by atoms with Crippen LogP contribution in [0.15, 0.2) is 12.3 Å². The van der Waals surface area contributed by atoms with E-state index < -0.39 is 5.60 Å². The zero-order valence-corrected chi connectivity index (χ0v) is 13.2. The van der Waals surface area contributed by atoms with Crippen molar-refractivity contribution in [3.8, 4) is 5.88 Å². The lowest BCUT2D eigenvalue weighted by atomic mass is 9.78. The topological polar surface area (TPSA) is 60.5 Å². The van der Waals surface area contributed by atoms with Crippen LogP contribution >= 0.6 is 0 Å². The summed E-state index contributed by atoms with van der Waals surface area (Å²) in [5.74, 6) is 0.990. The van der Waals surface area contributed by atoms with Gasteiger partial charge in [0.15, 0.2) is 0 Å². The molecule has 1 heterocycles. The van der Waals surface area contributed by atoms with Crippen LogP contribution < -0.4 is 10.1 Å². The Labute approximate surface area is 126 Å². The molecule has 0 radical (unpaired) electrons. The molecular formula is C16H24N2O3. The van der Waals surface area contributed by atoms with Crippen molar-refractivity contribution >= 4 is 11.6 Å². The first-order valence-electron chi connectivity index (χ1n) is 7.38. The molecule has 1 aromatic heterocycles. The number of carbonyl (C=O) groups excluding carboxylic acids is 1. The van der Waals surface area contributed by atoms with Gasteiger partial charge in [0.05, 0.1) is 19.0 Å². The van der Waals surface area contributed by atoms with Gasteiger partial charge in [0.2, 0.25) is 5.88 Å². The van der Waals surface area contributed by atoms with Gasteiger partial charge in [-0.1, -0.05) is 13.3 Å². The molecule has 0 saturated heterocycles. The van der Waals surface area contributed by atoms with Gasteiger partial charge in [0, 0.05) is 12.7 Å². The second-order valence-corrected chi connectivity index (χ2v) is 5.90. The summed E-state index contributed by atoms with van der Waals surface area (Å²) in [7, 11) is 3.20. The summed E-state index contributed by atoms with van der Waals surface area (Å²) in [6.07, 6.45) is 5.31. The van der Waals surface area contributed by atoms with Gasteiger partial charge in [-0.05, 0) is 38.2 Å². The number of carbonyl (C=O) groups is 1. The quantitative estimate of drug-likeness (QED) is 0.927. The minimum Gasteiger partial charge on any atom is -0.481 e. The molecule has 2 rings (SSSR count). The highest BCUT2D eigenvalue weighted by molar-refractivity contribution is 5.97. The first kappa shape index (κ1) is 15.8. The van der Waals surface area contributed by atoms with Crippen LogP contribution in [0.4, 0.5) is 5.69 Å². The van der Waals surface area contributed by atoms with Crippen molar-refractivity contribution in [1.29, 1.82) is 0 Å². The summed E-state index contributed by atoms with van der Waals surface area (Å²) in [5.41, 5.74) is 0.845. The number of aromatic nitrogens is 1. The summed E-state index contributed by atoms with van der Waals surface area (Å²) in [6, 6.07) is 1.86. The number of ether oxygens (including phenoxy) is 2. The molecule has 0 bridgehead atoms. The lowest BCUT2D eigenvalue weighted by molar-refractivity contribution is -0.143. The molecular weight excluding hydrogens is 268 g/mol. The van der Waals surface area contributed by atoms with Crippen molar-refractivity contribution in [3.05, 3.63) is 17.8 Å². The van der Waals surface area contributed by atoms with Gasteiger partial charge in [-0.3, -0.25) is 4.79 Å². The molecule has 1 fully saturated rings. The minimum atomic E-state index is -0.717. The second-order valence-electron chi connectivity index (χ2n) is 5.90. The maximum absolute atomic E-state index is 12.6. The average Bonchev–Trinajstić information content (AvgIpc) is 2.47. The van der Waals surface area contributed by atoms with E-state index in [0.717, 1.165) is 31.2 Å². The molecule has 2 atom stereocenters. The number of pyridine rings is 1. The summed E-state index contributed by atoms with van der Waals surface area (Å²) in [6.45, 7) is 4.07. The first-order valence-corrected chi connectivity index (χ1v) is 7.38. The van der Waals surface area contributed by atoms with Gasteiger partial charge in [-0.2, -0.15) is 0 Å². The summed E-state index contributed by atoms with van der Waals surface area (Å²) >= 11 is 0. The fraction of sp³-hybridized carbons (Fsp3) is 0.625. The molecule has 0 aliphatic heterocycles. The van der Waals surface area contributed by atoms with Crippen LogP contribution in [0.3, 0.4) is 0 Å². The number of rotatable bonds is 4. The normalized spacial score (nSPS) is 25.4. The van der Waals surface area contributed by atoms with Gasteiger partial charge in [-0.15, -0.1) is 0 Å². The predicted molar refractivity (Wildman–Crippen MR) is 81.5 cm³/mol. The van der Waals surface area contributed by atoms with E-state index >= 15 is 0 Å². The van der Waals surface area contributed by atoms with Gasteiger partial charge in [0.1, 0.15) is 5.60 Å². The number of nitrogens with zero attached hydrogens (tertiary/aromatic N) is 1. The third-order valence-corrected chi connectivity index (χ3v) is 4.24. The van der Waals surface area contributed by atoms with Crippen molar-refractivity contribution < 1.29 is 14.3 Å². The standard InChI is InChI=1S/C16H24N2O3/c1-11-6-5-7-16(9-11,21-4)15(19)18-13-8-12(2)14(20-3)17-10-13/h8,10-11H,5-7,9H2,1-4H3,(H,18,19)/t11-,16-/m0/s1. The molecule has 1 aromatic rings. The van der Waals surface area contributed by atoms with Crippen LogP contribution in [0.25, 0.3) is 0 Å². The monoisotopic (exact) mass is 292 g/mol. The van der Waals surface area contributed by atoms with Crippen molar-refractivity contribution in [2.24, 2.45) is 5.92 Å². The van der Waals surface area contributed by atoms with Gasteiger partial charge < -0.3 is 14.8 Å². The molecule has 0 unspecified atom stereocenters. The highest BCUT2D eigenvalue weighted by atomic mass is 16.5. The zero-order chi connectivity index (χ0) is 15.5. The van der Waals surface area contributed by atoms with Crippen LogP contribution in [0, 0.1) is 12.8 Å². The number of amides is 1. The molecule has 21 heavy (non-hydrogen) atoms. The van der Waals surface area contributed by atoms with E-state index in [1.807, 2.05) is 13.0 Å². The molecule has 0 spiro atoms. The lowest BCUT2D eigenvalue weighted by Gasteiger charge is -2.37. The molecule has 1 saturated carbocycles.